The van der Waals surface area contributed by atoms with E-state index in [-0.39, 0.29) is 33.7 Å². The molecule has 0 saturated carbocycles. The number of hydrogen-bond acceptors (Lipinski definition) is 7. The molecule has 0 saturated heterocycles. The second kappa shape index (κ2) is 4.88. The van der Waals surface area contributed by atoms with E-state index in [1.807, 2.05) is 0 Å². The molecule has 0 atom stereocenters. The number of aromatic hydroxyl groups is 3. The van der Waals surface area contributed by atoms with Crippen molar-refractivity contribution >= 4 is 16.7 Å². The van der Waals surface area contributed by atoms with Crippen LogP contribution in [0.4, 0.5) is 5.69 Å². The van der Waals surface area contributed by atoms with Gasteiger partial charge >= 0.3 is 0 Å². The van der Waals surface area contributed by atoms with Crippen LogP contribution >= 0.6 is 0 Å². The number of rotatable bonds is 2. The summed E-state index contributed by atoms with van der Waals surface area (Å²) >= 11 is 0. The van der Waals surface area contributed by atoms with Crippen LogP contribution in [-0.2, 0) is 0 Å². The van der Waals surface area contributed by atoms with Crippen LogP contribution in [0.25, 0.3) is 22.3 Å². The summed E-state index contributed by atoms with van der Waals surface area (Å²) in [5, 5.41) is 31.5. The molecule has 0 radical (unpaired) electrons. The Labute approximate surface area is 122 Å². The van der Waals surface area contributed by atoms with Gasteiger partial charge in [0, 0.05) is 5.56 Å². The van der Waals surface area contributed by atoms with E-state index < -0.39 is 16.9 Å². The summed E-state index contributed by atoms with van der Waals surface area (Å²) in [6.07, 6.45) is 0. The molecule has 0 fully saturated rings. The van der Waals surface area contributed by atoms with Crippen molar-refractivity contribution < 1.29 is 19.7 Å². The first-order valence-electron chi connectivity index (χ1n) is 6.17. The third-order valence-corrected chi connectivity index (χ3v) is 3.21. The number of nitrogens with zero attached hydrogens (tertiary/aromatic N) is 1. The smallest absolute Gasteiger partial charge is 0.237 e. The Hall–Kier alpha value is -3.35. The lowest BCUT2D eigenvalue weighted by Gasteiger charge is -2.07. The molecule has 22 heavy (non-hydrogen) atoms. The standard InChI is InChI=1S/C15H9NO6/c17-9-5-4-7(6-10(9)18)15-14(20)13(19)12-8(16-21)2-1-3-11(12)22-15/h1-6,17-18,20H. The molecule has 3 rings (SSSR count). The Bertz CT molecular complexity index is 960. The zero-order valence-electron chi connectivity index (χ0n) is 11.0. The molecule has 110 valence electrons. The summed E-state index contributed by atoms with van der Waals surface area (Å²) in [6.45, 7) is 0. The van der Waals surface area contributed by atoms with Gasteiger partial charge in [-0.2, -0.15) is 0 Å². The van der Waals surface area contributed by atoms with Crippen LogP contribution < -0.4 is 5.43 Å². The maximum absolute atomic E-state index is 12.2. The molecule has 1 aromatic heterocycles. The van der Waals surface area contributed by atoms with Crippen molar-refractivity contribution in [3.05, 3.63) is 51.5 Å². The van der Waals surface area contributed by atoms with E-state index in [0.29, 0.717) is 0 Å². The molecule has 7 heteroatoms. The van der Waals surface area contributed by atoms with Gasteiger partial charge in [-0.1, -0.05) is 6.07 Å². The molecule has 0 bridgehead atoms. The Kier molecular flexibility index (Phi) is 3.03. The van der Waals surface area contributed by atoms with Gasteiger partial charge in [0.2, 0.25) is 11.2 Å². The molecule has 7 nitrogen and oxygen atoms in total. The molecule has 0 aliphatic heterocycles. The fraction of sp³-hybridized carbons (Fsp3) is 0. The minimum Gasteiger partial charge on any atom is -0.504 e. The van der Waals surface area contributed by atoms with E-state index >= 15 is 0 Å². The van der Waals surface area contributed by atoms with E-state index in [2.05, 4.69) is 5.18 Å². The molecular weight excluding hydrogens is 290 g/mol. The van der Waals surface area contributed by atoms with Crippen molar-refractivity contribution in [2.24, 2.45) is 5.18 Å². The number of hydrogen-bond donors (Lipinski definition) is 3. The highest BCUT2D eigenvalue weighted by Crippen LogP contribution is 2.36. The van der Waals surface area contributed by atoms with Crippen molar-refractivity contribution in [2.45, 2.75) is 0 Å². The fourth-order valence-electron chi connectivity index (χ4n) is 2.15. The molecule has 2 aromatic carbocycles. The van der Waals surface area contributed by atoms with Gasteiger partial charge in [0.15, 0.2) is 17.3 Å². The zero-order valence-corrected chi connectivity index (χ0v) is 11.0. The third-order valence-electron chi connectivity index (χ3n) is 3.21. The van der Waals surface area contributed by atoms with E-state index in [1.165, 1.54) is 30.3 Å². The molecule has 3 N–H and O–H groups in total. The minimum absolute atomic E-state index is 0.0717. The molecular formula is C15H9NO6. The lowest BCUT2D eigenvalue weighted by molar-refractivity contribution is 0.403. The van der Waals surface area contributed by atoms with E-state index in [0.717, 1.165) is 6.07 Å². The van der Waals surface area contributed by atoms with Crippen molar-refractivity contribution in [2.75, 3.05) is 0 Å². The lowest BCUT2D eigenvalue weighted by atomic mass is 10.1. The van der Waals surface area contributed by atoms with Gasteiger partial charge in [0.1, 0.15) is 11.3 Å². The summed E-state index contributed by atoms with van der Waals surface area (Å²) in [7, 11) is 0. The first kappa shape index (κ1) is 13.6. The molecule has 0 amide bonds. The Morgan fingerprint density at radius 1 is 1.00 bits per heavy atom. The SMILES string of the molecule is O=Nc1cccc2oc(-c3ccc(O)c(O)c3)c(O)c(=O)c12. The average molecular weight is 299 g/mol. The Morgan fingerprint density at radius 2 is 1.77 bits per heavy atom. The lowest BCUT2D eigenvalue weighted by Crippen LogP contribution is -2.02. The van der Waals surface area contributed by atoms with Gasteiger partial charge in [-0.15, -0.1) is 4.91 Å². The molecule has 1 heterocycles. The van der Waals surface area contributed by atoms with Crippen molar-refractivity contribution in [3.8, 4) is 28.6 Å². The molecule has 0 aliphatic carbocycles. The normalized spacial score (nSPS) is 10.7. The molecule has 0 unspecified atom stereocenters. The van der Waals surface area contributed by atoms with Crippen LogP contribution in [0.5, 0.6) is 17.2 Å². The largest absolute Gasteiger partial charge is 0.504 e. The van der Waals surface area contributed by atoms with Crippen LogP contribution in [0, 0.1) is 4.91 Å². The fourth-order valence-corrected chi connectivity index (χ4v) is 2.15. The average Bonchev–Trinajstić information content (AvgIpc) is 2.52. The van der Waals surface area contributed by atoms with Gasteiger partial charge in [-0.05, 0) is 35.5 Å². The van der Waals surface area contributed by atoms with Gasteiger partial charge in [0.25, 0.3) is 0 Å². The van der Waals surface area contributed by atoms with E-state index in [9.17, 15) is 25.0 Å². The second-order valence-corrected chi connectivity index (χ2v) is 4.55. The number of fused-ring (bicyclic) bond motifs is 1. The minimum atomic E-state index is -0.806. The summed E-state index contributed by atoms with van der Waals surface area (Å²) in [4.78, 5) is 23.0. The summed E-state index contributed by atoms with van der Waals surface area (Å²) < 4.78 is 5.46. The predicted molar refractivity (Wildman–Crippen MR) is 78.4 cm³/mol. The van der Waals surface area contributed by atoms with Gasteiger partial charge in [-0.3, -0.25) is 4.79 Å². The van der Waals surface area contributed by atoms with Crippen LogP contribution in [0.2, 0.25) is 0 Å². The number of benzene rings is 2. The number of phenolic OH excluding ortho intramolecular Hbond substituents is 2. The van der Waals surface area contributed by atoms with Crippen LogP contribution in [0.1, 0.15) is 0 Å². The van der Waals surface area contributed by atoms with Crippen molar-refractivity contribution in [3.63, 3.8) is 0 Å². The topological polar surface area (TPSA) is 120 Å². The third kappa shape index (κ3) is 1.96. The molecule has 0 spiro atoms. The van der Waals surface area contributed by atoms with Crippen molar-refractivity contribution in [1.29, 1.82) is 0 Å². The van der Waals surface area contributed by atoms with Gasteiger partial charge < -0.3 is 19.7 Å². The van der Waals surface area contributed by atoms with Crippen LogP contribution in [-0.4, -0.2) is 15.3 Å². The van der Waals surface area contributed by atoms with Gasteiger partial charge in [0.05, 0.1) is 5.39 Å². The second-order valence-electron chi connectivity index (χ2n) is 4.55. The summed E-state index contributed by atoms with van der Waals surface area (Å²) in [6, 6.07) is 7.96. The number of phenols is 2. The maximum atomic E-state index is 12.2. The monoisotopic (exact) mass is 299 g/mol. The first-order chi connectivity index (χ1) is 10.5. The molecule has 0 aliphatic rings. The Morgan fingerprint density at radius 3 is 2.45 bits per heavy atom. The summed E-state index contributed by atoms with van der Waals surface area (Å²) in [5.74, 6) is -1.67. The Balaban J connectivity index is 2.37. The predicted octanol–water partition coefficient (Wildman–Crippen LogP) is 2.97. The highest BCUT2D eigenvalue weighted by molar-refractivity contribution is 5.91. The quantitative estimate of drug-likeness (QED) is 0.494. The van der Waals surface area contributed by atoms with Crippen LogP contribution in [0.15, 0.2) is 50.8 Å². The van der Waals surface area contributed by atoms with Crippen molar-refractivity contribution in [1.82, 2.24) is 0 Å². The van der Waals surface area contributed by atoms with Gasteiger partial charge in [-0.25, -0.2) is 0 Å². The van der Waals surface area contributed by atoms with E-state index in [4.69, 9.17) is 4.42 Å². The zero-order chi connectivity index (χ0) is 15.9. The molecule has 3 aromatic rings. The highest BCUT2D eigenvalue weighted by atomic mass is 16.4. The van der Waals surface area contributed by atoms with Crippen LogP contribution in [0.3, 0.4) is 0 Å². The maximum Gasteiger partial charge on any atom is 0.237 e. The number of nitroso groups, excluding NO2 is 1. The summed E-state index contributed by atoms with van der Waals surface area (Å²) in [5.41, 5.74) is -0.681. The highest BCUT2D eigenvalue weighted by Gasteiger charge is 2.18. The van der Waals surface area contributed by atoms with E-state index in [1.54, 1.807) is 0 Å². The first-order valence-corrected chi connectivity index (χ1v) is 6.17.